The van der Waals surface area contributed by atoms with Crippen LogP contribution < -0.4 is 17.1 Å². The normalized spacial score (nSPS) is 11.4. The van der Waals surface area contributed by atoms with E-state index in [1.54, 1.807) is 0 Å². The van der Waals surface area contributed by atoms with Gasteiger partial charge in [0.2, 0.25) is 5.91 Å². The summed E-state index contributed by atoms with van der Waals surface area (Å²) >= 11 is 0. The molecule has 1 amide bonds. The fourth-order valence-electron chi connectivity index (χ4n) is 1.55. The summed E-state index contributed by atoms with van der Waals surface area (Å²) in [5.74, 6) is -2.62. The number of fused-ring (bicyclic) bond motifs is 1. The van der Waals surface area contributed by atoms with Crippen LogP contribution in [0.4, 0.5) is 13.2 Å². The van der Waals surface area contributed by atoms with E-state index in [2.05, 4.69) is 4.42 Å². The van der Waals surface area contributed by atoms with Gasteiger partial charge in [-0.15, -0.1) is 0 Å². The van der Waals surface area contributed by atoms with Crippen LogP contribution in [0, 0.1) is 0 Å². The highest BCUT2D eigenvalue weighted by atomic mass is 19.4. The number of carbonyl (C=O) groups excluding carboxylic acids is 1. The van der Waals surface area contributed by atoms with E-state index in [0.29, 0.717) is 6.07 Å². The van der Waals surface area contributed by atoms with Gasteiger partial charge in [-0.3, -0.25) is 14.4 Å². The number of halogens is 3. The van der Waals surface area contributed by atoms with Crippen molar-refractivity contribution in [2.45, 2.75) is 26.1 Å². The zero-order chi connectivity index (χ0) is 22.2. The van der Waals surface area contributed by atoms with Crippen LogP contribution in [0.2, 0.25) is 0 Å². The maximum absolute atomic E-state index is 12.7. The van der Waals surface area contributed by atoms with Crippen molar-refractivity contribution in [2.75, 3.05) is 0 Å². The number of benzene rings is 1. The molecule has 2 aromatic rings. The van der Waals surface area contributed by atoms with E-state index in [4.69, 9.17) is 26.5 Å². The number of amides is 1. The average molecular weight is 406 g/mol. The van der Waals surface area contributed by atoms with Crippen molar-refractivity contribution in [1.29, 1.82) is 0 Å². The molecule has 0 bridgehead atoms. The minimum atomic E-state index is -4.68. The quantitative estimate of drug-likeness (QED) is 0.542. The third-order valence-electron chi connectivity index (χ3n) is 2.72. The monoisotopic (exact) mass is 406 g/mol. The van der Waals surface area contributed by atoms with Gasteiger partial charge in [-0.25, -0.2) is 4.79 Å². The smallest absolute Gasteiger partial charge is 0.417 e. The lowest BCUT2D eigenvalue weighted by molar-refractivity contribution is -0.138. The van der Waals surface area contributed by atoms with Crippen molar-refractivity contribution in [3.05, 3.63) is 45.8 Å². The van der Waals surface area contributed by atoms with E-state index in [1.807, 2.05) is 0 Å². The first-order valence-corrected chi connectivity index (χ1v) is 7.29. The predicted molar refractivity (Wildman–Crippen MR) is 90.6 cm³/mol. The summed E-state index contributed by atoms with van der Waals surface area (Å²) in [5.41, 5.74) is 7.21. The minimum Gasteiger partial charge on any atom is -0.481 e. The second-order valence-corrected chi connectivity index (χ2v) is 5.20. The van der Waals surface area contributed by atoms with Gasteiger partial charge in [-0.2, -0.15) is 13.2 Å². The number of hydrogen-bond acceptors (Lipinski definition) is 6. The molecule has 1 aromatic heterocycles. The molecule has 9 nitrogen and oxygen atoms in total. The second-order valence-electron chi connectivity index (χ2n) is 5.20. The van der Waals surface area contributed by atoms with E-state index in [1.165, 1.54) is 6.92 Å². The summed E-state index contributed by atoms with van der Waals surface area (Å²) in [6, 6.07) is 2.83. The number of carbonyl (C=O) groups is 3. The van der Waals surface area contributed by atoms with Crippen LogP contribution in [0.25, 0.3) is 11.0 Å². The van der Waals surface area contributed by atoms with Crippen LogP contribution in [-0.2, 0) is 15.8 Å². The molecule has 0 aliphatic rings. The van der Waals surface area contributed by atoms with Crippen molar-refractivity contribution in [1.82, 2.24) is 0 Å². The Hall–Kier alpha value is -3.41. The number of carboxylic acid groups (broad SMARTS) is 2. The maximum Gasteiger partial charge on any atom is 0.417 e. The molecule has 12 heteroatoms. The van der Waals surface area contributed by atoms with Crippen molar-refractivity contribution in [3.8, 4) is 0 Å². The van der Waals surface area contributed by atoms with Crippen LogP contribution in [0.5, 0.6) is 0 Å². The van der Waals surface area contributed by atoms with Gasteiger partial charge in [0.25, 0.3) is 5.97 Å². The molecule has 28 heavy (non-hydrogen) atoms. The fraction of sp³-hybridized carbons (Fsp3) is 0.250. The molecule has 1 aromatic carbocycles. The Morgan fingerprint density at radius 3 is 1.96 bits per heavy atom. The number of carboxylic acids is 2. The molecule has 0 unspecified atom stereocenters. The number of primary amides is 1. The number of nitrogens with two attached hydrogens (primary N) is 2. The molecule has 154 valence electrons. The third-order valence-corrected chi connectivity index (χ3v) is 2.72. The highest BCUT2D eigenvalue weighted by Gasteiger charge is 2.33. The Morgan fingerprint density at radius 2 is 1.61 bits per heavy atom. The fourth-order valence-corrected chi connectivity index (χ4v) is 1.55. The van der Waals surface area contributed by atoms with E-state index in [0.717, 1.165) is 25.1 Å². The lowest BCUT2D eigenvalue weighted by Gasteiger charge is -2.09. The van der Waals surface area contributed by atoms with E-state index in [-0.39, 0.29) is 16.5 Å². The summed E-state index contributed by atoms with van der Waals surface area (Å²) in [6.45, 7) is 2.50. The Kier molecular flexibility index (Phi) is 8.84. The number of hydrogen-bond donors (Lipinski definition) is 4. The molecule has 2 rings (SSSR count). The van der Waals surface area contributed by atoms with Crippen LogP contribution in [0.3, 0.4) is 0 Å². The summed E-state index contributed by atoms with van der Waals surface area (Å²) in [6.07, 6.45) is -4.68. The van der Waals surface area contributed by atoms with Crippen LogP contribution in [-0.4, -0.2) is 34.1 Å². The van der Waals surface area contributed by atoms with Crippen molar-refractivity contribution >= 4 is 28.8 Å². The van der Waals surface area contributed by atoms with Crippen molar-refractivity contribution in [2.24, 2.45) is 11.5 Å². The zero-order valence-corrected chi connectivity index (χ0v) is 14.6. The van der Waals surface area contributed by atoms with Crippen LogP contribution in [0.15, 0.2) is 33.5 Å². The summed E-state index contributed by atoms with van der Waals surface area (Å²) in [5, 5.41) is 15.0. The van der Waals surface area contributed by atoms with E-state index >= 15 is 0 Å². The first-order chi connectivity index (χ1) is 12.7. The Bertz CT molecular complexity index is 917. The maximum atomic E-state index is 12.7. The zero-order valence-electron chi connectivity index (χ0n) is 14.6. The molecule has 0 saturated heterocycles. The van der Waals surface area contributed by atoms with Gasteiger partial charge in [0, 0.05) is 23.9 Å². The Morgan fingerprint density at radius 1 is 1.14 bits per heavy atom. The van der Waals surface area contributed by atoms with Gasteiger partial charge in [-0.05, 0) is 25.1 Å². The van der Waals surface area contributed by atoms with Gasteiger partial charge >= 0.3 is 17.8 Å². The Balaban J connectivity index is 0.000000608. The molecule has 1 heterocycles. The van der Waals surface area contributed by atoms with Gasteiger partial charge in [0.15, 0.2) is 0 Å². The number of alkyl halides is 3. The molecule has 0 aliphatic heterocycles. The molecule has 0 fully saturated rings. The average Bonchev–Trinajstić information content (AvgIpc) is 2.52. The first kappa shape index (κ1) is 24.6. The van der Waals surface area contributed by atoms with Gasteiger partial charge < -0.3 is 26.1 Å². The molecular weight excluding hydrogens is 389 g/mol. The van der Waals surface area contributed by atoms with Crippen LogP contribution in [0.1, 0.15) is 29.8 Å². The molecule has 0 aliphatic carbocycles. The summed E-state index contributed by atoms with van der Waals surface area (Å²) < 4.78 is 42.7. The first-order valence-electron chi connectivity index (χ1n) is 7.29. The van der Waals surface area contributed by atoms with Crippen molar-refractivity contribution in [3.63, 3.8) is 0 Å². The Labute approximate surface area is 155 Å². The predicted octanol–water partition coefficient (Wildman–Crippen LogP) is 1.42. The highest BCUT2D eigenvalue weighted by molar-refractivity contribution is 5.96. The molecule has 0 saturated carbocycles. The molecule has 6 N–H and O–H groups in total. The summed E-state index contributed by atoms with van der Waals surface area (Å²) in [4.78, 5) is 40.5. The molecule has 1 atom stereocenters. The van der Waals surface area contributed by atoms with E-state index < -0.39 is 41.3 Å². The minimum absolute atomic E-state index is 0.0371. The van der Waals surface area contributed by atoms with E-state index in [9.17, 15) is 27.6 Å². The molecule has 0 radical (unpaired) electrons. The molecule has 0 spiro atoms. The summed E-state index contributed by atoms with van der Waals surface area (Å²) in [7, 11) is 0. The van der Waals surface area contributed by atoms with Gasteiger partial charge in [-0.1, -0.05) is 0 Å². The topological polar surface area (TPSA) is 174 Å². The lowest BCUT2D eigenvalue weighted by atomic mass is 10.1. The van der Waals surface area contributed by atoms with Gasteiger partial charge in [0.05, 0.1) is 5.56 Å². The second kappa shape index (κ2) is 10.1. The standard InChI is InChI=1S/C11H6F3NO3.C3H7NO2.C2H4O2/c12-11(13,14)7-4-9(16)18-8-3-5(10(15)17)1-2-6(7)8;1-2(4)3(5)6;1-2(3)4/h1-4H,(H2,15,17);2H,4H2,1H3,(H,5,6);1H3,(H,3,4)/t;2-;/m.0./s1. The number of rotatable bonds is 2. The number of aliphatic carboxylic acids is 2. The molecular formula is C16H17F3N2O7. The third kappa shape index (κ3) is 8.31. The highest BCUT2D eigenvalue weighted by Crippen LogP contribution is 2.33. The SMILES string of the molecule is CC(=O)O.C[C@H](N)C(=O)O.NC(=O)c1ccc2c(C(F)(F)F)cc(=O)oc2c1. The largest absolute Gasteiger partial charge is 0.481 e. The van der Waals surface area contributed by atoms with Gasteiger partial charge in [0.1, 0.15) is 11.6 Å². The van der Waals surface area contributed by atoms with Crippen LogP contribution >= 0.6 is 0 Å². The lowest BCUT2D eigenvalue weighted by Crippen LogP contribution is -2.25. The van der Waals surface area contributed by atoms with Crippen molar-refractivity contribution < 1.29 is 42.2 Å².